The van der Waals surface area contributed by atoms with Crippen LogP contribution in [0.2, 0.25) is 0 Å². The number of hydrogen-bond acceptors (Lipinski definition) is 5. The maximum absolute atomic E-state index is 12.9. The van der Waals surface area contributed by atoms with Crippen LogP contribution in [0.4, 0.5) is 4.79 Å². The standard InChI is InChI=1S/C22H28N6O3/c29-18(9-14-28-20(30)22(23-21(28)31)10-3-1-4-11-22)26-12-6-7-16(15-26)19-25-24-17-8-2-5-13-27(17)19/h2,5,8,13,16H,1,3-4,6-7,9-12,14-15H2,(H,23,31). The van der Waals surface area contributed by atoms with Gasteiger partial charge in [-0.25, -0.2) is 4.79 Å². The van der Waals surface area contributed by atoms with Gasteiger partial charge in [-0.15, -0.1) is 10.2 Å². The molecule has 2 aliphatic heterocycles. The quantitative estimate of drug-likeness (QED) is 0.758. The Morgan fingerprint density at radius 2 is 1.97 bits per heavy atom. The van der Waals surface area contributed by atoms with Crippen LogP contribution in [0.25, 0.3) is 5.65 Å². The van der Waals surface area contributed by atoms with Crippen molar-refractivity contribution in [3.8, 4) is 0 Å². The third-order valence-corrected chi connectivity index (χ3v) is 6.98. The largest absolute Gasteiger partial charge is 0.342 e. The molecule has 1 N–H and O–H groups in total. The molecule has 4 amide bonds. The summed E-state index contributed by atoms with van der Waals surface area (Å²) < 4.78 is 1.98. The molecule has 2 aromatic rings. The molecule has 2 saturated heterocycles. The van der Waals surface area contributed by atoms with Gasteiger partial charge in [-0.2, -0.15) is 0 Å². The second-order valence-electron chi connectivity index (χ2n) is 8.95. The molecule has 3 fully saturated rings. The molecule has 1 saturated carbocycles. The lowest BCUT2D eigenvalue weighted by Crippen LogP contribution is -2.48. The molecule has 4 heterocycles. The number of aromatic nitrogens is 3. The Morgan fingerprint density at radius 1 is 1.13 bits per heavy atom. The molecule has 1 spiro atoms. The van der Waals surface area contributed by atoms with E-state index in [0.29, 0.717) is 25.9 Å². The number of likely N-dealkylation sites (tertiary alicyclic amines) is 1. The third kappa shape index (κ3) is 3.55. The number of pyridine rings is 1. The molecule has 0 bridgehead atoms. The highest BCUT2D eigenvalue weighted by Crippen LogP contribution is 2.34. The molecule has 9 nitrogen and oxygen atoms in total. The lowest BCUT2D eigenvalue weighted by atomic mass is 9.82. The first-order valence-corrected chi connectivity index (χ1v) is 11.3. The predicted molar refractivity (Wildman–Crippen MR) is 112 cm³/mol. The van der Waals surface area contributed by atoms with Crippen LogP contribution in [0.5, 0.6) is 0 Å². The zero-order valence-corrected chi connectivity index (χ0v) is 17.6. The van der Waals surface area contributed by atoms with Gasteiger partial charge in [-0.05, 0) is 37.8 Å². The van der Waals surface area contributed by atoms with Crippen LogP contribution >= 0.6 is 0 Å². The fraction of sp³-hybridized carbons (Fsp3) is 0.591. The van der Waals surface area contributed by atoms with Crippen LogP contribution in [0.15, 0.2) is 24.4 Å². The summed E-state index contributed by atoms with van der Waals surface area (Å²) in [4.78, 5) is 41.4. The molecule has 1 unspecified atom stereocenters. The maximum Gasteiger partial charge on any atom is 0.325 e. The van der Waals surface area contributed by atoms with Crippen LogP contribution in [0.1, 0.15) is 63.1 Å². The maximum atomic E-state index is 12.9. The highest BCUT2D eigenvalue weighted by Gasteiger charge is 2.51. The number of fused-ring (bicyclic) bond motifs is 1. The summed E-state index contributed by atoms with van der Waals surface area (Å²) in [5, 5.41) is 11.5. The first kappa shape index (κ1) is 20.0. The van der Waals surface area contributed by atoms with Gasteiger partial charge in [0, 0.05) is 38.2 Å². The summed E-state index contributed by atoms with van der Waals surface area (Å²) in [6.45, 7) is 1.41. The SMILES string of the molecule is O=C(CCN1C(=O)NC2(CCCCC2)C1=O)N1CCCC(c2nnc3ccccn23)C1. The van der Waals surface area contributed by atoms with Gasteiger partial charge in [-0.3, -0.25) is 18.9 Å². The molecule has 1 atom stereocenters. The molecule has 5 rings (SSSR count). The molecule has 31 heavy (non-hydrogen) atoms. The van der Waals surface area contributed by atoms with E-state index in [1.165, 1.54) is 4.90 Å². The molecule has 9 heteroatoms. The Balaban J connectivity index is 1.22. The van der Waals surface area contributed by atoms with E-state index in [1.807, 2.05) is 33.7 Å². The third-order valence-electron chi connectivity index (χ3n) is 6.98. The van der Waals surface area contributed by atoms with E-state index in [4.69, 9.17) is 0 Å². The summed E-state index contributed by atoms with van der Waals surface area (Å²) >= 11 is 0. The molecular formula is C22H28N6O3. The van der Waals surface area contributed by atoms with Gasteiger partial charge in [0.15, 0.2) is 5.65 Å². The predicted octanol–water partition coefficient (Wildman–Crippen LogP) is 2.08. The molecule has 0 radical (unpaired) electrons. The Labute approximate surface area is 180 Å². The Hall–Kier alpha value is -2.97. The van der Waals surface area contributed by atoms with Crippen molar-refractivity contribution in [1.29, 1.82) is 0 Å². The van der Waals surface area contributed by atoms with Gasteiger partial charge in [0.25, 0.3) is 5.91 Å². The summed E-state index contributed by atoms with van der Waals surface area (Å²) in [5.41, 5.74) is 0.0692. The summed E-state index contributed by atoms with van der Waals surface area (Å²) in [7, 11) is 0. The molecule has 164 valence electrons. The first-order valence-electron chi connectivity index (χ1n) is 11.3. The second-order valence-corrected chi connectivity index (χ2v) is 8.95. The number of piperidine rings is 1. The molecule has 0 aromatic carbocycles. The smallest absolute Gasteiger partial charge is 0.325 e. The van der Waals surface area contributed by atoms with Crippen LogP contribution in [-0.4, -0.2) is 67.4 Å². The number of nitrogens with one attached hydrogen (secondary N) is 1. The second kappa shape index (κ2) is 7.94. The van der Waals surface area contributed by atoms with E-state index in [-0.39, 0.29) is 36.7 Å². The van der Waals surface area contributed by atoms with Crippen LogP contribution in [0, 0.1) is 0 Å². The van der Waals surface area contributed by atoms with E-state index >= 15 is 0 Å². The van der Waals surface area contributed by atoms with Crippen molar-refractivity contribution in [2.45, 2.75) is 62.8 Å². The minimum absolute atomic E-state index is 0.0243. The van der Waals surface area contributed by atoms with Gasteiger partial charge >= 0.3 is 6.03 Å². The van der Waals surface area contributed by atoms with Crippen molar-refractivity contribution in [2.24, 2.45) is 0 Å². The topological polar surface area (TPSA) is 99.9 Å². The summed E-state index contributed by atoms with van der Waals surface area (Å²) in [6.07, 6.45) is 8.34. The zero-order valence-electron chi connectivity index (χ0n) is 17.6. The Bertz CT molecular complexity index is 1010. The fourth-order valence-electron chi connectivity index (χ4n) is 5.29. The first-order chi connectivity index (χ1) is 15.1. The van der Waals surface area contributed by atoms with Crippen molar-refractivity contribution >= 4 is 23.5 Å². The van der Waals surface area contributed by atoms with E-state index in [9.17, 15) is 14.4 Å². The average molecular weight is 425 g/mol. The number of nitrogens with zero attached hydrogens (tertiary/aromatic N) is 5. The monoisotopic (exact) mass is 424 g/mol. The highest BCUT2D eigenvalue weighted by atomic mass is 16.2. The van der Waals surface area contributed by atoms with Gasteiger partial charge in [-0.1, -0.05) is 25.3 Å². The van der Waals surface area contributed by atoms with Gasteiger partial charge in [0.05, 0.1) is 0 Å². The van der Waals surface area contributed by atoms with E-state index in [2.05, 4.69) is 15.5 Å². The molecule has 2 aromatic heterocycles. The zero-order chi connectivity index (χ0) is 21.4. The van der Waals surface area contributed by atoms with Crippen molar-refractivity contribution in [3.05, 3.63) is 30.2 Å². The van der Waals surface area contributed by atoms with Gasteiger partial charge in [0.1, 0.15) is 11.4 Å². The van der Waals surface area contributed by atoms with Crippen LogP contribution in [0.3, 0.4) is 0 Å². The number of imide groups is 1. The number of carbonyl (C=O) groups excluding carboxylic acids is 3. The van der Waals surface area contributed by atoms with Crippen molar-refractivity contribution in [3.63, 3.8) is 0 Å². The molecular weight excluding hydrogens is 396 g/mol. The molecule has 3 aliphatic rings. The normalized spacial score (nSPS) is 23.5. The van der Waals surface area contributed by atoms with Crippen molar-refractivity contribution in [2.75, 3.05) is 19.6 Å². The summed E-state index contributed by atoms with van der Waals surface area (Å²) in [5.74, 6) is 0.818. The molecule has 1 aliphatic carbocycles. The van der Waals surface area contributed by atoms with Crippen molar-refractivity contribution < 1.29 is 14.4 Å². The lowest BCUT2D eigenvalue weighted by Gasteiger charge is -2.32. The number of hydrogen-bond donors (Lipinski definition) is 1. The van der Waals surface area contributed by atoms with Crippen LogP contribution < -0.4 is 5.32 Å². The Morgan fingerprint density at radius 3 is 2.81 bits per heavy atom. The Kier molecular flexibility index (Phi) is 5.11. The number of carbonyl (C=O) groups is 3. The van der Waals surface area contributed by atoms with E-state index in [0.717, 1.165) is 43.6 Å². The highest BCUT2D eigenvalue weighted by molar-refractivity contribution is 6.07. The number of amides is 4. The van der Waals surface area contributed by atoms with Gasteiger partial charge in [0.2, 0.25) is 5.91 Å². The number of rotatable bonds is 4. The van der Waals surface area contributed by atoms with E-state index < -0.39 is 5.54 Å². The van der Waals surface area contributed by atoms with Crippen molar-refractivity contribution in [1.82, 2.24) is 29.7 Å². The minimum atomic E-state index is -0.733. The van der Waals surface area contributed by atoms with Crippen LogP contribution in [-0.2, 0) is 9.59 Å². The number of urea groups is 1. The summed E-state index contributed by atoms with van der Waals surface area (Å²) in [6, 6.07) is 5.44. The van der Waals surface area contributed by atoms with Gasteiger partial charge < -0.3 is 10.2 Å². The lowest BCUT2D eigenvalue weighted by molar-refractivity contribution is -0.135. The van der Waals surface area contributed by atoms with E-state index in [1.54, 1.807) is 0 Å². The fourth-order valence-corrected chi connectivity index (χ4v) is 5.29. The average Bonchev–Trinajstić information content (AvgIpc) is 3.32. The minimum Gasteiger partial charge on any atom is -0.342 e.